The maximum atomic E-state index is 14.0. The number of aryl methyl sites for hydroxylation is 1. The van der Waals surface area contributed by atoms with Gasteiger partial charge in [-0.25, -0.2) is 0 Å². The largest absolute Gasteiger partial charge is 0.416 e. The van der Waals surface area contributed by atoms with E-state index in [2.05, 4.69) is 26.1 Å². The minimum atomic E-state index is -4.39. The van der Waals surface area contributed by atoms with Crippen molar-refractivity contribution in [2.45, 2.75) is 104 Å². The van der Waals surface area contributed by atoms with Gasteiger partial charge >= 0.3 is 6.18 Å². The number of rotatable bonds is 9. The number of amides is 1. The van der Waals surface area contributed by atoms with Gasteiger partial charge in [0, 0.05) is 38.4 Å². The van der Waals surface area contributed by atoms with Crippen LogP contribution in [0.3, 0.4) is 0 Å². The van der Waals surface area contributed by atoms with Crippen LogP contribution in [-0.2, 0) is 35.1 Å². The predicted molar refractivity (Wildman–Crippen MR) is 133 cm³/mol. The smallest absolute Gasteiger partial charge is 0.381 e. The highest BCUT2D eigenvalue weighted by Gasteiger charge is 2.42. The van der Waals surface area contributed by atoms with Crippen LogP contribution in [0.4, 0.5) is 13.2 Å². The Balaban J connectivity index is 1.82. The number of carbonyl (C=O) groups excluding carboxylic acids is 1. The lowest BCUT2D eigenvalue weighted by Crippen LogP contribution is -2.51. The maximum absolute atomic E-state index is 14.0. The molecule has 0 aliphatic carbocycles. The quantitative estimate of drug-likeness (QED) is 0.446. The summed E-state index contributed by atoms with van der Waals surface area (Å²) in [6.07, 6.45) is 1.23. The van der Waals surface area contributed by atoms with Crippen LogP contribution >= 0.6 is 0 Å². The summed E-state index contributed by atoms with van der Waals surface area (Å²) < 4.78 is 46.3. The van der Waals surface area contributed by atoms with Crippen molar-refractivity contribution in [1.29, 1.82) is 0 Å². The van der Waals surface area contributed by atoms with E-state index in [0.29, 0.717) is 37.4 Å². The first-order valence-electron chi connectivity index (χ1n) is 13.3. The number of hydrogen-bond donors (Lipinski definition) is 1. The molecule has 0 spiro atoms. The molecule has 2 atom stereocenters. The first kappa shape index (κ1) is 28.0. The van der Waals surface area contributed by atoms with Crippen LogP contribution in [0.25, 0.3) is 0 Å². The van der Waals surface area contributed by atoms with Gasteiger partial charge in [0.1, 0.15) is 0 Å². The van der Waals surface area contributed by atoms with Crippen LogP contribution in [0, 0.1) is 11.3 Å². The predicted octanol–water partition coefficient (Wildman–Crippen LogP) is 6.14. The van der Waals surface area contributed by atoms with E-state index in [4.69, 9.17) is 4.74 Å². The summed E-state index contributed by atoms with van der Waals surface area (Å²) in [6, 6.07) is 3.19. The molecule has 2 heterocycles. The lowest BCUT2D eigenvalue weighted by molar-refractivity contribution is -0.146. The Morgan fingerprint density at radius 2 is 1.89 bits per heavy atom. The molecule has 0 unspecified atom stereocenters. The number of hydrogen-bond acceptors (Lipinski definition) is 3. The van der Waals surface area contributed by atoms with Gasteiger partial charge in [0.2, 0.25) is 5.91 Å². The van der Waals surface area contributed by atoms with E-state index in [1.165, 1.54) is 12.1 Å². The van der Waals surface area contributed by atoms with Crippen molar-refractivity contribution in [3.8, 4) is 0 Å². The fraction of sp³-hybridized carbons (Fsp3) is 0.750. The van der Waals surface area contributed by atoms with Crippen LogP contribution in [0.2, 0.25) is 0 Å². The van der Waals surface area contributed by atoms with Crippen LogP contribution in [0.15, 0.2) is 12.1 Å². The Hall–Kier alpha value is -1.60. The summed E-state index contributed by atoms with van der Waals surface area (Å²) in [5.41, 5.74) is 1.24. The summed E-state index contributed by atoms with van der Waals surface area (Å²) in [5, 5.41) is 3.76. The summed E-state index contributed by atoms with van der Waals surface area (Å²) in [6.45, 7) is 12.7. The molecule has 2 aliphatic rings. The Bertz CT molecular complexity index is 864. The maximum Gasteiger partial charge on any atom is 0.416 e. The van der Waals surface area contributed by atoms with E-state index in [-0.39, 0.29) is 24.4 Å². The van der Waals surface area contributed by atoms with E-state index in [1.54, 1.807) is 4.90 Å². The number of nitrogens with zero attached hydrogens (tertiary/aromatic N) is 1. The van der Waals surface area contributed by atoms with Gasteiger partial charge in [-0.3, -0.25) is 4.79 Å². The fourth-order valence-electron chi connectivity index (χ4n) is 5.58. The molecule has 1 N–H and O–H groups in total. The second-order valence-corrected chi connectivity index (χ2v) is 10.9. The number of carbonyl (C=O) groups is 1. The summed E-state index contributed by atoms with van der Waals surface area (Å²) in [4.78, 5) is 15.8. The van der Waals surface area contributed by atoms with Gasteiger partial charge in [0.05, 0.1) is 11.0 Å². The molecule has 0 radical (unpaired) electrons. The van der Waals surface area contributed by atoms with Crippen molar-refractivity contribution in [3.63, 3.8) is 0 Å². The highest BCUT2D eigenvalue weighted by atomic mass is 19.4. The number of halogens is 3. The van der Waals surface area contributed by atoms with Gasteiger partial charge in [-0.05, 0) is 73.3 Å². The zero-order valence-corrected chi connectivity index (χ0v) is 22.1. The third kappa shape index (κ3) is 6.59. The molecule has 0 bridgehead atoms. The standard InChI is InChI=1S/C28H43F3N2O2/c1-6-8-20-15-22(28(29,30)31)16-21-18-33(12-9-25(20)21)26(34)27(5,19(3)4)17-23(7-2)32-24-10-13-35-14-11-24/h15-16,19,23-24,32H,6-14,17-18H2,1-5H3/t23-,27+/m1/s1. The van der Waals surface area contributed by atoms with Crippen molar-refractivity contribution < 1.29 is 22.7 Å². The molecule has 0 aromatic heterocycles. The van der Waals surface area contributed by atoms with E-state index in [9.17, 15) is 18.0 Å². The van der Waals surface area contributed by atoms with Gasteiger partial charge < -0.3 is 15.0 Å². The summed E-state index contributed by atoms with van der Waals surface area (Å²) in [7, 11) is 0. The SMILES string of the molecule is CCCc1cc(C(F)(F)F)cc2c1CCN(C(=O)[C@@](C)(C[C@@H](CC)NC1CCOCC1)C(C)C)C2. The van der Waals surface area contributed by atoms with Gasteiger partial charge in [-0.2, -0.15) is 13.2 Å². The molecule has 35 heavy (non-hydrogen) atoms. The van der Waals surface area contributed by atoms with E-state index >= 15 is 0 Å². The average Bonchev–Trinajstić information content (AvgIpc) is 2.82. The van der Waals surface area contributed by atoms with Gasteiger partial charge in [0.25, 0.3) is 0 Å². The monoisotopic (exact) mass is 496 g/mol. The van der Waals surface area contributed by atoms with Gasteiger partial charge in [0.15, 0.2) is 0 Å². The highest BCUT2D eigenvalue weighted by Crippen LogP contribution is 2.39. The molecule has 7 heteroatoms. The molecule has 1 aromatic carbocycles. The molecule has 1 aromatic rings. The van der Waals surface area contributed by atoms with E-state index in [0.717, 1.165) is 50.0 Å². The van der Waals surface area contributed by atoms with Crippen molar-refractivity contribution >= 4 is 5.91 Å². The lowest BCUT2D eigenvalue weighted by Gasteiger charge is -2.42. The number of nitrogens with one attached hydrogen (secondary N) is 1. The second kappa shape index (κ2) is 11.6. The van der Waals surface area contributed by atoms with Crippen molar-refractivity contribution in [3.05, 3.63) is 34.4 Å². The van der Waals surface area contributed by atoms with Crippen LogP contribution in [0.5, 0.6) is 0 Å². The van der Waals surface area contributed by atoms with Crippen LogP contribution in [-0.4, -0.2) is 42.6 Å². The first-order chi connectivity index (χ1) is 16.5. The van der Waals surface area contributed by atoms with E-state index in [1.807, 2.05) is 13.8 Å². The summed E-state index contributed by atoms with van der Waals surface area (Å²) >= 11 is 0. The molecule has 4 nitrogen and oxygen atoms in total. The molecule has 3 rings (SSSR count). The number of fused-ring (bicyclic) bond motifs is 1. The Kier molecular flexibility index (Phi) is 9.30. The molecule has 1 fully saturated rings. The minimum absolute atomic E-state index is 0.0554. The number of ether oxygens (including phenoxy) is 1. The van der Waals surface area contributed by atoms with E-state index < -0.39 is 17.2 Å². The Morgan fingerprint density at radius 3 is 2.46 bits per heavy atom. The minimum Gasteiger partial charge on any atom is -0.381 e. The second-order valence-electron chi connectivity index (χ2n) is 10.9. The Labute approximate surface area is 209 Å². The van der Waals surface area contributed by atoms with Gasteiger partial charge in [-0.1, -0.05) is 41.0 Å². The fourth-order valence-corrected chi connectivity index (χ4v) is 5.58. The van der Waals surface area contributed by atoms with Crippen LogP contribution < -0.4 is 5.32 Å². The van der Waals surface area contributed by atoms with Crippen LogP contribution in [0.1, 0.15) is 89.0 Å². The topological polar surface area (TPSA) is 41.6 Å². The third-order valence-electron chi connectivity index (χ3n) is 8.18. The molecule has 1 amide bonds. The molecule has 0 saturated carbocycles. The van der Waals surface area contributed by atoms with Crippen molar-refractivity contribution in [2.24, 2.45) is 11.3 Å². The zero-order valence-electron chi connectivity index (χ0n) is 22.1. The van der Waals surface area contributed by atoms with Crippen molar-refractivity contribution in [2.75, 3.05) is 19.8 Å². The lowest BCUT2D eigenvalue weighted by atomic mass is 9.72. The highest BCUT2D eigenvalue weighted by molar-refractivity contribution is 5.83. The first-order valence-corrected chi connectivity index (χ1v) is 13.3. The molecular formula is C28H43F3N2O2. The number of benzene rings is 1. The third-order valence-corrected chi connectivity index (χ3v) is 8.18. The normalized spacial score (nSPS) is 20.0. The molecule has 198 valence electrons. The molecule has 1 saturated heterocycles. The summed E-state index contributed by atoms with van der Waals surface area (Å²) in [5.74, 6) is 0.166. The average molecular weight is 497 g/mol. The molecule has 2 aliphatic heterocycles. The molecular weight excluding hydrogens is 453 g/mol. The zero-order chi connectivity index (χ0) is 25.8. The number of alkyl halides is 3. The Morgan fingerprint density at radius 1 is 1.20 bits per heavy atom. The van der Waals surface area contributed by atoms with Crippen molar-refractivity contribution in [1.82, 2.24) is 10.2 Å². The van der Waals surface area contributed by atoms with Gasteiger partial charge in [-0.15, -0.1) is 0 Å².